The van der Waals surface area contributed by atoms with Gasteiger partial charge in [-0.15, -0.1) is 0 Å². The Kier molecular flexibility index (Phi) is 3.19. The Bertz CT molecular complexity index is 435. The van der Waals surface area contributed by atoms with Crippen LogP contribution in [-0.2, 0) is 4.74 Å². The smallest absolute Gasteiger partial charge is 0.345 e. The molecule has 1 rings (SSSR count). The fraction of sp³-hybridized carbons (Fsp3) is 0.111. The van der Waals surface area contributed by atoms with E-state index in [1.54, 1.807) is 0 Å². The molecule has 0 amide bonds. The summed E-state index contributed by atoms with van der Waals surface area (Å²) in [6.45, 7) is 0. The SMILES string of the molecule is COC(=O)c1c(C(=O)[O-])cccc1[N+](=O)[O-]. The van der Waals surface area contributed by atoms with E-state index in [-0.39, 0.29) is 0 Å². The molecule has 84 valence electrons. The molecule has 7 nitrogen and oxygen atoms in total. The molecule has 0 aliphatic heterocycles. The second-order valence-electron chi connectivity index (χ2n) is 2.74. The molecular formula is C9H6NO6-. The van der Waals surface area contributed by atoms with E-state index in [2.05, 4.69) is 4.74 Å². The lowest BCUT2D eigenvalue weighted by Crippen LogP contribution is -2.25. The number of carbonyl (C=O) groups is 2. The van der Waals surface area contributed by atoms with E-state index in [1.807, 2.05) is 0 Å². The second-order valence-corrected chi connectivity index (χ2v) is 2.74. The van der Waals surface area contributed by atoms with E-state index in [9.17, 15) is 24.8 Å². The van der Waals surface area contributed by atoms with E-state index >= 15 is 0 Å². The van der Waals surface area contributed by atoms with Crippen LogP contribution in [0.1, 0.15) is 20.7 Å². The molecule has 0 bridgehead atoms. The quantitative estimate of drug-likeness (QED) is 0.397. The van der Waals surface area contributed by atoms with Crippen LogP contribution in [0.5, 0.6) is 0 Å². The molecule has 0 saturated carbocycles. The van der Waals surface area contributed by atoms with E-state index in [4.69, 9.17) is 0 Å². The van der Waals surface area contributed by atoms with E-state index in [0.717, 1.165) is 25.3 Å². The topological polar surface area (TPSA) is 110 Å². The Hall–Kier alpha value is -2.44. The summed E-state index contributed by atoms with van der Waals surface area (Å²) in [6.07, 6.45) is 0. The highest BCUT2D eigenvalue weighted by Gasteiger charge is 2.24. The van der Waals surface area contributed by atoms with Gasteiger partial charge in [-0.2, -0.15) is 0 Å². The van der Waals surface area contributed by atoms with Gasteiger partial charge in [-0.05, 0) is 0 Å². The van der Waals surface area contributed by atoms with Crippen LogP contribution < -0.4 is 5.11 Å². The van der Waals surface area contributed by atoms with Gasteiger partial charge in [0.1, 0.15) is 5.56 Å². The van der Waals surface area contributed by atoms with E-state index in [0.29, 0.717) is 0 Å². The number of nitrogens with zero attached hydrogens (tertiary/aromatic N) is 1. The predicted octanol–water partition coefficient (Wildman–Crippen LogP) is -0.255. The largest absolute Gasteiger partial charge is 0.545 e. The second kappa shape index (κ2) is 4.39. The van der Waals surface area contributed by atoms with Gasteiger partial charge in [0.25, 0.3) is 5.69 Å². The third kappa shape index (κ3) is 1.97. The van der Waals surface area contributed by atoms with Gasteiger partial charge in [0.15, 0.2) is 0 Å². The minimum atomic E-state index is -1.68. The molecule has 0 radical (unpaired) electrons. The number of carboxylic acids is 1. The summed E-state index contributed by atoms with van der Waals surface area (Å²) in [5.74, 6) is -2.77. The van der Waals surface area contributed by atoms with Crippen LogP contribution in [0.15, 0.2) is 18.2 Å². The van der Waals surface area contributed by atoms with Gasteiger partial charge in [0.2, 0.25) is 0 Å². The highest BCUT2D eigenvalue weighted by molar-refractivity contribution is 6.04. The number of carboxylic acid groups (broad SMARTS) is 1. The summed E-state index contributed by atoms with van der Waals surface area (Å²) in [5.41, 5.74) is -1.82. The number of nitro groups is 1. The van der Waals surface area contributed by atoms with Gasteiger partial charge in [-0.1, -0.05) is 12.1 Å². The van der Waals surface area contributed by atoms with E-state index in [1.165, 1.54) is 0 Å². The summed E-state index contributed by atoms with van der Waals surface area (Å²) in [5, 5.41) is 21.3. The van der Waals surface area contributed by atoms with Gasteiger partial charge in [0.05, 0.1) is 18.0 Å². The predicted molar refractivity (Wildman–Crippen MR) is 48.8 cm³/mol. The summed E-state index contributed by atoms with van der Waals surface area (Å²) in [7, 11) is 0.998. The molecule has 0 fully saturated rings. The van der Waals surface area contributed by atoms with Crippen LogP contribution in [0, 0.1) is 10.1 Å². The van der Waals surface area contributed by atoms with Crippen molar-refractivity contribution >= 4 is 17.6 Å². The molecular weight excluding hydrogens is 218 g/mol. The number of hydrogen-bond donors (Lipinski definition) is 0. The molecule has 7 heteroatoms. The average Bonchev–Trinajstić information content (AvgIpc) is 2.26. The lowest BCUT2D eigenvalue weighted by Gasteiger charge is -2.08. The van der Waals surface area contributed by atoms with Gasteiger partial charge in [-0.3, -0.25) is 10.1 Å². The lowest BCUT2D eigenvalue weighted by molar-refractivity contribution is -0.385. The Morgan fingerprint density at radius 3 is 2.44 bits per heavy atom. The van der Waals surface area contributed by atoms with Crippen molar-refractivity contribution in [2.24, 2.45) is 0 Å². The zero-order valence-corrected chi connectivity index (χ0v) is 8.13. The van der Waals surface area contributed by atoms with E-state index < -0.39 is 33.7 Å². The van der Waals surface area contributed by atoms with Crippen molar-refractivity contribution < 1.29 is 24.4 Å². The maximum absolute atomic E-state index is 11.2. The Labute approximate surface area is 89.4 Å². The van der Waals surface area contributed by atoms with Crippen LogP contribution in [0.3, 0.4) is 0 Å². The highest BCUT2D eigenvalue weighted by atomic mass is 16.6. The number of hydrogen-bond acceptors (Lipinski definition) is 6. The summed E-state index contributed by atoms with van der Waals surface area (Å²) >= 11 is 0. The maximum atomic E-state index is 11.2. The monoisotopic (exact) mass is 224 g/mol. The van der Waals surface area contributed by atoms with Gasteiger partial charge >= 0.3 is 5.97 Å². The molecule has 0 heterocycles. The third-order valence-corrected chi connectivity index (χ3v) is 1.85. The fourth-order valence-electron chi connectivity index (χ4n) is 1.18. The van der Waals surface area contributed by atoms with Crippen molar-refractivity contribution in [1.82, 2.24) is 0 Å². The van der Waals surface area contributed by atoms with Crippen molar-refractivity contribution in [2.45, 2.75) is 0 Å². The first-order valence-corrected chi connectivity index (χ1v) is 4.06. The number of benzene rings is 1. The van der Waals surface area contributed by atoms with Crippen LogP contribution in [0.4, 0.5) is 5.69 Å². The highest BCUT2D eigenvalue weighted by Crippen LogP contribution is 2.22. The molecule has 0 spiro atoms. The first-order valence-electron chi connectivity index (χ1n) is 4.06. The number of aromatic carboxylic acids is 1. The van der Waals surface area contributed by atoms with Crippen molar-refractivity contribution in [2.75, 3.05) is 7.11 Å². The van der Waals surface area contributed by atoms with Crippen molar-refractivity contribution in [1.29, 1.82) is 0 Å². The van der Waals surface area contributed by atoms with Crippen LogP contribution >= 0.6 is 0 Å². The first kappa shape index (κ1) is 11.6. The lowest BCUT2D eigenvalue weighted by atomic mass is 10.1. The number of methoxy groups -OCH3 is 1. The molecule has 1 aromatic carbocycles. The average molecular weight is 224 g/mol. The zero-order chi connectivity index (χ0) is 12.3. The van der Waals surface area contributed by atoms with Crippen molar-refractivity contribution in [3.63, 3.8) is 0 Å². The summed E-state index contributed by atoms with van der Waals surface area (Å²) in [6, 6.07) is 3.20. The molecule has 0 aliphatic carbocycles. The number of ether oxygens (including phenoxy) is 1. The molecule has 0 aliphatic rings. The Morgan fingerprint density at radius 1 is 1.38 bits per heavy atom. The van der Waals surface area contributed by atoms with Crippen LogP contribution in [0.2, 0.25) is 0 Å². The number of rotatable bonds is 3. The normalized spacial score (nSPS) is 9.56. The molecule has 0 atom stereocenters. The molecule has 0 saturated heterocycles. The molecule has 0 N–H and O–H groups in total. The molecule has 0 aromatic heterocycles. The standard InChI is InChI=1S/C9H7NO6/c1-16-9(13)7-5(8(11)12)3-2-4-6(7)10(14)15/h2-4H,1H3,(H,11,12)/p-1. The van der Waals surface area contributed by atoms with Crippen molar-refractivity contribution in [3.8, 4) is 0 Å². The minimum Gasteiger partial charge on any atom is -0.545 e. The Balaban J connectivity index is 3.53. The fourth-order valence-corrected chi connectivity index (χ4v) is 1.18. The molecule has 16 heavy (non-hydrogen) atoms. The zero-order valence-electron chi connectivity index (χ0n) is 8.13. The molecule has 0 unspecified atom stereocenters. The Morgan fingerprint density at radius 2 is 2.00 bits per heavy atom. The first-order chi connectivity index (χ1) is 7.49. The summed E-state index contributed by atoms with van der Waals surface area (Å²) < 4.78 is 4.28. The van der Waals surface area contributed by atoms with Crippen LogP contribution in [0.25, 0.3) is 0 Å². The number of esters is 1. The summed E-state index contributed by atoms with van der Waals surface area (Å²) in [4.78, 5) is 31.7. The molecule has 1 aromatic rings. The van der Waals surface area contributed by atoms with Gasteiger partial charge in [-0.25, -0.2) is 4.79 Å². The van der Waals surface area contributed by atoms with Gasteiger partial charge in [0, 0.05) is 11.6 Å². The van der Waals surface area contributed by atoms with Crippen molar-refractivity contribution in [3.05, 3.63) is 39.4 Å². The third-order valence-electron chi connectivity index (χ3n) is 1.85. The van der Waals surface area contributed by atoms with Gasteiger partial charge < -0.3 is 14.6 Å². The number of carbonyl (C=O) groups excluding carboxylic acids is 2. The minimum absolute atomic E-state index is 0.568. The van der Waals surface area contributed by atoms with Crippen LogP contribution in [-0.4, -0.2) is 24.0 Å². The maximum Gasteiger partial charge on any atom is 0.345 e. The number of nitro benzene ring substituents is 1.